The molecule has 26 heavy (non-hydrogen) atoms. The Hall–Kier alpha value is -0.410. The number of alkyl halides is 1. The van der Waals surface area contributed by atoms with Crippen LogP contribution >= 0.6 is 22.6 Å². The second-order valence-corrected chi connectivity index (χ2v) is 9.62. The van der Waals surface area contributed by atoms with E-state index in [1.807, 2.05) is 6.92 Å². The van der Waals surface area contributed by atoms with E-state index in [-0.39, 0.29) is 35.9 Å². The van der Waals surface area contributed by atoms with E-state index in [1.165, 1.54) is 11.4 Å². The molecular formula is C19H35IN2O4. The average Bonchev–Trinajstić information content (AvgIpc) is 2.32. The highest BCUT2D eigenvalue weighted by molar-refractivity contribution is 14.1. The van der Waals surface area contributed by atoms with Crippen LogP contribution in [-0.4, -0.2) is 50.2 Å². The largest absolute Gasteiger partial charge is 0.390 e. The van der Waals surface area contributed by atoms with Crippen LogP contribution in [0.15, 0.2) is 0 Å². The number of halogens is 1. The maximum absolute atomic E-state index is 10.8. The molecule has 6 nitrogen and oxygen atoms in total. The normalized spacial score (nSPS) is 39.3. The summed E-state index contributed by atoms with van der Waals surface area (Å²) in [7, 11) is 0. The first-order chi connectivity index (χ1) is 11.6. The van der Waals surface area contributed by atoms with E-state index < -0.39 is 5.60 Å². The van der Waals surface area contributed by atoms with Gasteiger partial charge in [-0.3, -0.25) is 9.59 Å². The van der Waals surface area contributed by atoms with Crippen molar-refractivity contribution < 1.29 is 19.4 Å². The van der Waals surface area contributed by atoms with Crippen LogP contribution in [0.25, 0.3) is 0 Å². The van der Waals surface area contributed by atoms with E-state index >= 15 is 0 Å². The van der Waals surface area contributed by atoms with Crippen LogP contribution in [-0.2, 0) is 14.3 Å². The molecule has 6 aliphatic rings. The van der Waals surface area contributed by atoms with Gasteiger partial charge in [-0.2, -0.15) is 0 Å². The Morgan fingerprint density at radius 1 is 0.962 bits per heavy atom. The smallest absolute Gasteiger partial charge is 0.217 e. The molecule has 0 saturated heterocycles. The number of nitrogens with one attached hydrogen (secondary N) is 2. The van der Waals surface area contributed by atoms with Crippen molar-refractivity contribution in [3.05, 3.63) is 0 Å². The van der Waals surface area contributed by atoms with Gasteiger partial charge in [-0.15, -0.1) is 0 Å². The molecule has 4 bridgehead atoms. The number of rotatable bonds is 4. The van der Waals surface area contributed by atoms with E-state index in [9.17, 15) is 14.7 Å². The first kappa shape index (κ1) is 23.6. The Morgan fingerprint density at radius 3 is 1.58 bits per heavy atom. The number of aliphatic hydroxyl groups is 1. The number of carbonyl (C=O) groups is 2. The maximum atomic E-state index is 10.8. The molecule has 6 fully saturated rings. The number of ether oxygens (including phenoxy) is 1. The minimum atomic E-state index is -0.400. The zero-order valence-electron chi connectivity index (χ0n) is 15.7. The molecule has 0 aromatic rings. The van der Waals surface area contributed by atoms with Crippen molar-refractivity contribution in [3.63, 3.8) is 0 Å². The van der Waals surface area contributed by atoms with Gasteiger partial charge in [0.15, 0.2) is 0 Å². The molecule has 6 rings (SSSR count). The lowest BCUT2D eigenvalue weighted by molar-refractivity contribution is -0.247. The van der Waals surface area contributed by atoms with Gasteiger partial charge in [-0.1, -0.05) is 36.9 Å². The van der Waals surface area contributed by atoms with Crippen LogP contribution in [0.4, 0.5) is 0 Å². The molecule has 0 aromatic carbocycles. The van der Waals surface area contributed by atoms with Crippen molar-refractivity contribution in [3.8, 4) is 0 Å². The van der Waals surface area contributed by atoms with Crippen molar-refractivity contribution >= 4 is 34.4 Å². The highest BCUT2D eigenvalue weighted by Crippen LogP contribution is 2.62. The van der Waals surface area contributed by atoms with Gasteiger partial charge in [0, 0.05) is 31.5 Å². The molecule has 0 atom stereocenters. The van der Waals surface area contributed by atoms with Gasteiger partial charge in [-0.25, -0.2) is 0 Å². The Bertz CT molecular complexity index is 498. The molecule has 0 aliphatic heterocycles. The topological polar surface area (TPSA) is 87.7 Å². The molecule has 152 valence electrons. The minimum absolute atomic E-state index is 0. The van der Waals surface area contributed by atoms with Crippen molar-refractivity contribution in [1.29, 1.82) is 0 Å². The van der Waals surface area contributed by atoms with Crippen molar-refractivity contribution in [2.75, 3.05) is 11.0 Å². The number of hydrogen-bond acceptors (Lipinski definition) is 4. The van der Waals surface area contributed by atoms with E-state index in [0.717, 1.165) is 45.1 Å². The van der Waals surface area contributed by atoms with Crippen LogP contribution in [0, 0.1) is 0 Å². The number of hydrogen-bond donors (Lipinski definition) is 3. The highest BCUT2D eigenvalue weighted by atomic mass is 127. The zero-order valence-corrected chi connectivity index (χ0v) is 17.9. The SMILES string of the molecule is C.CC(=O)NC12CC(O)(C1)C2.CCI.CCOC12CC(NC(C)=O)(C1)C2. The van der Waals surface area contributed by atoms with Gasteiger partial charge in [0.05, 0.1) is 11.2 Å². The van der Waals surface area contributed by atoms with Gasteiger partial charge in [0.2, 0.25) is 11.8 Å². The molecule has 0 spiro atoms. The Labute approximate surface area is 171 Å². The lowest BCUT2D eigenvalue weighted by atomic mass is 9.46. The summed E-state index contributed by atoms with van der Waals surface area (Å²) in [4.78, 5) is 21.4. The van der Waals surface area contributed by atoms with Gasteiger partial charge >= 0.3 is 0 Å². The van der Waals surface area contributed by atoms with Crippen molar-refractivity contribution in [1.82, 2.24) is 10.6 Å². The van der Waals surface area contributed by atoms with Crippen LogP contribution < -0.4 is 10.6 Å². The molecule has 0 heterocycles. The Balaban J connectivity index is 0.000000221. The van der Waals surface area contributed by atoms with E-state index in [4.69, 9.17) is 4.74 Å². The molecule has 0 radical (unpaired) electrons. The fraction of sp³-hybridized carbons (Fsp3) is 0.895. The fourth-order valence-corrected chi connectivity index (χ4v) is 4.90. The second kappa shape index (κ2) is 8.31. The fourth-order valence-electron chi connectivity index (χ4n) is 4.90. The Morgan fingerprint density at radius 2 is 1.31 bits per heavy atom. The second-order valence-electron chi connectivity index (χ2n) is 8.09. The van der Waals surface area contributed by atoms with Crippen molar-refractivity contribution in [2.24, 2.45) is 0 Å². The third-order valence-electron chi connectivity index (χ3n) is 5.32. The lowest BCUT2D eigenvalue weighted by Gasteiger charge is -2.69. The monoisotopic (exact) mass is 482 g/mol. The van der Waals surface area contributed by atoms with Gasteiger partial charge in [0.25, 0.3) is 0 Å². The van der Waals surface area contributed by atoms with Gasteiger partial charge in [0.1, 0.15) is 0 Å². The van der Waals surface area contributed by atoms with Gasteiger partial charge in [-0.05, 0) is 49.9 Å². The lowest BCUT2D eigenvalue weighted by Crippen LogP contribution is -2.79. The summed E-state index contributed by atoms with van der Waals surface area (Å²) in [6.45, 7) is 8.01. The third-order valence-corrected chi connectivity index (χ3v) is 5.32. The quantitative estimate of drug-likeness (QED) is 0.425. The van der Waals surface area contributed by atoms with Gasteiger partial charge < -0.3 is 20.5 Å². The highest BCUT2D eigenvalue weighted by Gasteiger charge is 2.69. The third kappa shape index (κ3) is 4.90. The van der Waals surface area contributed by atoms with Crippen LogP contribution in [0.2, 0.25) is 0 Å². The van der Waals surface area contributed by atoms with Crippen LogP contribution in [0.1, 0.15) is 73.6 Å². The zero-order chi connectivity index (χ0) is 18.9. The summed E-state index contributed by atoms with van der Waals surface area (Å²) >= 11 is 2.29. The maximum Gasteiger partial charge on any atom is 0.217 e. The van der Waals surface area contributed by atoms with Crippen LogP contribution in [0.5, 0.6) is 0 Å². The summed E-state index contributed by atoms with van der Waals surface area (Å²) in [5.41, 5.74) is -0.124. The van der Waals surface area contributed by atoms with Crippen molar-refractivity contribution in [2.45, 2.75) is 95.9 Å². The van der Waals surface area contributed by atoms with Crippen LogP contribution in [0.3, 0.4) is 0 Å². The predicted octanol–water partition coefficient (Wildman–Crippen LogP) is 2.70. The first-order valence-corrected chi connectivity index (χ1v) is 10.6. The molecule has 0 aromatic heterocycles. The number of amides is 2. The first-order valence-electron chi connectivity index (χ1n) is 9.05. The standard InChI is InChI=1S/C9H15NO2.C7H11NO2.C2H5I.CH4/c1-3-12-9-4-8(5-9,6-9)10-7(2)11;1-5(9)8-6-2-7(10,3-6)4-6;1-2-3;/h3-6H2,1-2H3,(H,10,11);10H,2-4H2,1H3,(H,8,9);2H2,1H3;1H4. The molecule has 0 unspecified atom stereocenters. The Kier molecular flexibility index (Phi) is 7.55. The predicted molar refractivity (Wildman–Crippen MR) is 111 cm³/mol. The molecule has 6 saturated carbocycles. The summed E-state index contributed by atoms with van der Waals surface area (Å²) in [6, 6.07) is 0. The molecule has 7 heteroatoms. The van der Waals surface area contributed by atoms with E-state index in [1.54, 1.807) is 6.92 Å². The van der Waals surface area contributed by atoms with E-state index in [0.29, 0.717) is 0 Å². The average molecular weight is 482 g/mol. The number of carbonyl (C=O) groups excluding carboxylic acids is 2. The summed E-state index contributed by atoms with van der Waals surface area (Å²) in [5, 5.41) is 15.1. The summed E-state index contributed by atoms with van der Waals surface area (Å²) in [5.74, 6) is 0.0987. The molecule has 3 N–H and O–H groups in total. The summed E-state index contributed by atoms with van der Waals surface area (Å²) < 4.78 is 6.81. The molecule has 2 amide bonds. The minimum Gasteiger partial charge on any atom is -0.390 e. The van der Waals surface area contributed by atoms with E-state index in [2.05, 4.69) is 40.1 Å². The molecule has 6 aliphatic carbocycles. The molecular weight excluding hydrogens is 447 g/mol. The summed E-state index contributed by atoms with van der Waals surface area (Å²) in [6.07, 6.45) is 5.35.